The number of hydrogen-bond acceptors (Lipinski definition) is 0. The predicted octanol–water partition coefficient (Wildman–Crippen LogP) is 6.26. The van der Waals surface area contributed by atoms with Gasteiger partial charge in [0.25, 0.3) is 0 Å². The van der Waals surface area contributed by atoms with Gasteiger partial charge in [-0.3, -0.25) is 0 Å². The molecule has 22 heavy (non-hydrogen) atoms. The van der Waals surface area contributed by atoms with Crippen molar-refractivity contribution in [3.05, 3.63) is 47.3 Å². The van der Waals surface area contributed by atoms with Crippen LogP contribution >= 0.6 is 0 Å². The van der Waals surface area contributed by atoms with Crippen LogP contribution in [-0.2, 0) is 6.42 Å². The van der Waals surface area contributed by atoms with Crippen LogP contribution in [0.3, 0.4) is 0 Å². The van der Waals surface area contributed by atoms with Crippen molar-refractivity contribution in [2.45, 2.75) is 64.7 Å². The van der Waals surface area contributed by atoms with Crippen molar-refractivity contribution < 1.29 is 4.39 Å². The maximum absolute atomic E-state index is 14.1. The maximum atomic E-state index is 14.1. The van der Waals surface area contributed by atoms with Crippen molar-refractivity contribution >= 4 is 0 Å². The Morgan fingerprint density at radius 1 is 1.09 bits per heavy atom. The smallest absolute Gasteiger partial charge is 0.126 e. The van der Waals surface area contributed by atoms with Crippen LogP contribution in [0.4, 0.5) is 4.39 Å². The summed E-state index contributed by atoms with van der Waals surface area (Å²) in [6.07, 6.45) is 13.4. The van der Waals surface area contributed by atoms with E-state index in [1.807, 2.05) is 19.1 Å². The van der Waals surface area contributed by atoms with E-state index in [2.05, 4.69) is 25.1 Å². The molecule has 0 bridgehead atoms. The van der Waals surface area contributed by atoms with Gasteiger partial charge in [-0.05, 0) is 92.7 Å². The van der Waals surface area contributed by atoms with Crippen molar-refractivity contribution in [1.82, 2.24) is 0 Å². The maximum Gasteiger partial charge on any atom is 0.126 e. The first-order valence-electron chi connectivity index (χ1n) is 9.12. The number of allylic oxidation sites excluding steroid dienone is 2. The molecule has 0 N–H and O–H groups in total. The van der Waals surface area contributed by atoms with Crippen LogP contribution in [0.1, 0.15) is 69.4 Å². The molecule has 2 fully saturated rings. The predicted molar refractivity (Wildman–Crippen MR) is 91.5 cm³/mol. The molecule has 1 heteroatoms. The second-order valence-corrected chi connectivity index (χ2v) is 7.33. The van der Waals surface area contributed by atoms with Crippen LogP contribution in [0.5, 0.6) is 0 Å². The zero-order chi connectivity index (χ0) is 15.5. The Balaban J connectivity index is 1.66. The van der Waals surface area contributed by atoms with Crippen LogP contribution < -0.4 is 0 Å². The molecule has 0 spiro atoms. The Morgan fingerprint density at radius 2 is 1.86 bits per heavy atom. The lowest BCUT2D eigenvalue weighted by atomic mass is 9.64. The Kier molecular flexibility index (Phi) is 5.00. The highest BCUT2D eigenvalue weighted by atomic mass is 19.1. The first-order chi connectivity index (χ1) is 10.7. The first kappa shape index (κ1) is 15.8. The van der Waals surface area contributed by atoms with Gasteiger partial charge in [0.1, 0.15) is 5.82 Å². The van der Waals surface area contributed by atoms with Gasteiger partial charge >= 0.3 is 0 Å². The summed E-state index contributed by atoms with van der Waals surface area (Å²) in [5.74, 6) is 3.17. The summed E-state index contributed by atoms with van der Waals surface area (Å²) in [7, 11) is 0. The monoisotopic (exact) mass is 300 g/mol. The zero-order valence-corrected chi connectivity index (χ0v) is 14.0. The van der Waals surface area contributed by atoms with Gasteiger partial charge in [0.2, 0.25) is 0 Å². The molecule has 0 amide bonds. The molecule has 0 aliphatic heterocycles. The van der Waals surface area contributed by atoms with Crippen LogP contribution in [0.2, 0.25) is 0 Å². The van der Waals surface area contributed by atoms with E-state index in [9.17, 15) is 4.39 Å². The number of rotatable bonds is 3. The molecular formula is C21H29F. The molecule has 1 aromatic rings. The summed E-state index contributed by atoms with van der Waals surface area (Å²) in [5.41, 5.74) is 2.09. The fraction of sp³-hybridized carbons (Fsp3) is 0.619. The zero-order valence-electron chi connectivity index (χ0n) is 14.0. The molecule has 4 atom stereocenters. The summed E-state index contributed by atoms with van der Waals surface area (Å²) < 4.78 is 14.1. The van der Waals surface area contributed by atoms with Gasteiger partial charge in [-0.15, -0.1) is 0 Å². The number of aryl methyl sites for hydroxylation is 1. The average molecular weight is 300 g/mol. The summed E-state index contributed by atoms with van der Waals surface area (Å²) in [6.45, 7) is 4.16. The largest absolute Gasteiger partial charge is 0.207 e. The highest BCUT2D eigenvalue weighted by Gasteiger charge is 2.35. The summed E-state index contributed by atoms with van der Waals surface area (Å²) in [5, 5.41) is 0. The van der Waals surface area contributed by atoms with Crippen LogP contribution in [0.15, 0.2) is 30.4 Å². The minimum absolute atomic E-state index is 0.00100. The Labute approximate surface area is 134 Å². The SMILES string of the molecule is C/C=C/C1CCC2CC(c3ccc(CC)c(F)c3)CCC2C1. The van der Waals surface area contributed by atoms with Crippen LogP contribution in [0.25, 0.3) is 0 Å². The highest BCUT2D eigenvalue weighted by molar-refractivity contribution is 5.27. The van der Waals surface area contributed by atoms with Crippen molar-refractivity contribution in [2.24, 2.45) is 17.8 Å². The molecule has 0 radical (unpaired) electrons. The first-order valence-corrected chi connectivity index (χ1v) is 9.12. The third-order valence-corrected chi connectivity index (χ3v) is 6.05. The summed E-state index contributed by atoms with van der Waals surface area (Å²) in [4.78, 5) is 0. The molecule has 4 unspecified atom stereocenters. The van der Waals surface area contributed by atoms with Crippen molar-refractivity contribution in [3.8, 4) is 0 Å². The molecule has 120 valence electrons. The van der Waals surface area contributed by atoms with E-state index < -0.39 is 0 Å². The topological polar surface area (TPSA) is 0 Å². The quantitative estimate of drug-likeness (QED) is 0.577. The lowest BCUT2D eigenvalue weighted by Crippen LogP contribution is -2.30. The molecule has 2 saturated carbocycles. The highest BCUT2D eigenvalue weighted by Crippen LogP contribution is 2.47. The molecule has 0 saturated heterocycles. The summed E-state index contributed by atoms with van der Waals surface area (Å²) >= 11 is 0. The van der Waals surface area contributed by atoms with Crippen LogP contribution in [0, 0.1) is 23.6 Å². The molecule has 3 rings (SSSR count). The molecule has 0 heterocycles. The molecule has 2 aliphatic rings. The minimum atomic E-state index is -0.00100. The van der Waals surface area contributed by atoms with Gasteiger partial charge in [-0.1, -0.05) is 31.2 Å². The van der Waals surface area contributed by atoms with E-state index in [0.717, 1.165) is 29.7 Å². The molecule has 0 nitrogen and oxygen atoms in total. The van der Waals surface area contributed by atoms with Crippen molar-refractivity contribution in [1.29, 1.82) is 0 Å². The Hall–Kier alpha value is -1.11. The van der Waals surface area contributed by atoms with Gasteiger partial charge < -0.3 is 0 Å². The van der Waals surface area contributed by atoms with Gasteiger partial charge in [0, 0.05) is 0 Å². The Bertz CT molecular complexity index is 531. The Morgan fingerprint density at radius 3 is 2.59 bits per heavy atom. The minimum Gasteiger partial charge on any atom is -0.207 e. The van der Waals surface area contributed by atoms with E-state index in [0.29, 0.717) is 5.92 Å². The molecule has 0 aromatic heterocycles. The standard InChI is InChI=1S/C21H29F/c1-3-5-15-6-7-18-13-19(11-10-17(18)12-15)20-9-8-16(4-2)21(22)14-20/h3,5,8-9,14-15,17-19H,4,6-7,10-13H2,1-2H3/b5-3+. The van der Waals surface area contributed by atoms with Crippen LogP contribution in [-0.4, -0.2) is 0 Å². The van der Waals surface area contributed by atoms with Crippen molar-refractivity contribution in [2.75, 3.05) is 0 Å². The molecule has 2 aliphatic carbocycles. The lowest BCUT2D eigenvalue weighted by Gasteiger charge is -2.41. The van der Waals surface area contributed by atoms with Gasteiger partial charge in [0.05, 0.1) is 0 Å². The van der Waals surface area contributed by atoms with Gasteiger partial charge in [-0.2, -0.15) is 0 Å². The van der Waals surface area contributed by atoms with E-state index in [-0.39, 0.29) is 5.82 Å². The summed E-state index contributed by atoms with van der Waals surface area (Å²) in [6, 6.07) is 5.99. The normalized spacial score (nSPS) is 32.1. The molecule has 1 aromatic carbocycles. The van der Waals surface area contributed by atoms with E-state index >= 15 is 0 Å². The van der Waals surface area contributed by atoms with Gasteiger partial charge in [-0.25, -0.2) is 4.39 Å². The van der Waals surface area contributed by atoms with Crippen molar-refractivity contribution in [3.63, 3.8) is 0 Å². The van der Waals surface area contributed by atoms with E-state index in [1.54, 1.807) is 0 Å². The number of benzene rings is 1. The second kappa shape index (κ2) is 6.98. The lowest BCUT2D eigenvalue weighted by molar-refractivity contribution is 0.133. The second-order valence-electron chi connectivity index (χ2n) is 7.33. The average Bonchev–Trinajstić information content (AvgIpc) is 2.54. The van der Waals surface area contributed by atoms with E-state index in [1.165, 1.54) is 44.1 Å². The fourth-order valence-electron chi connectivity index (χ4n) is 4.78. The fourth-order valence-corrected chi connectivity index (χ4v) is 4.78. The number of fused-ring (bicyclic) bond motifs is 1. The number of hydrogen-bond donors (Lipinski definition) is 0. The van der Waals surface area contributed by atoms with E-state index in [4.69, 9.17) is 0 Å². The third kappa shape index (κ3) is 3.29. The van der Waals surface area contributed by atoms with Gasteiger partial charge in [0.15, 0.2) is 0 Å². The number of halogens is 1. The molecular weight excluding hydrogens is 271 g/mol. The third-order valence-electron chi connectivity index (χ3n) is 6.05.